The third-order valence-corrected chi connectivity index (χ3v) is 6.35. The van der Waals surface area contributed by atoms with Crippen molar-refractivity contribution < 1.29 is 9.53 Å². The van der Waals surface area contributed by atoms with Gasteiger partial charge in [0, 0.05) is 30.5 Å². The average Bonchev–Trinajstić information content (AvgIpc) is 2.99. The first-order chi connectivity index (χ1) is 11.6. The highest BCUT2D eigenvalue weighted by Gasteiger charge is 2.55. The van der Waals surface area contributed by atoms with E-state index in [4.69, 9.17) is 4.74 Å². The molecule has 2 aliphatic rings. The molecule has 5 nitrogen and oxygen atoms in total. The van der Waals surface area contributed by atoms with Crippen LogP contribution in [-0.4, -0.2) is 35.6 Å². The Morgan fingerprint density at radius 3 is 2.88 bits per heavy atom. The van der Waals surface area contributed by atoms with Gasteiger partial charge < -0.3 is 15.0 Å². The lowest BCUT2D eigenvalue weighted by molar-refractivity contribution is -0.0884. The van der Waals surface area contributed by atoms with Gasteiger partial charge in [-0.05, 0) is 18.8 Å². The first-order valence-corrected chi connectivity index (χ1v) is 9.90. The molecule has 1 aliphatic carbocycles. The van der Waals surface area contributed by atoms with Gasteiger partial charge in [-0.1, -0.05) is 33.1 Å². The van der Waals surface area contributed by atoms with Gasteiger partial charge in [-0.25, -0.2) is 9.78 Å². The smallest absolute Gasteiger partial charge is 0.318 e. The monoisotopic (exact) mass is 351 g/mol. The van der Waals surface area contributed by atoms with E-state index < -0.39 is 0 Å². The standard InChI is InChI=1S/C18H29N3O2S/c1-13(2)16-18(7-5-4-6-8-18)12-21(16)17(22)19-9-14-11-24-15(20-14)10-23-3/h11,13,16H,4-10,12H2,1-3H3,(H,19,22). The van der Waals surface area contributed by atoms with Gasteiger partial charge in [-0.3, -0.25) is 0 Å². The number of hydrogen-bond acceptors (Lipinski definition) is 4. The van der Waals surface area contributed by atoms with Crippen molar-refractivity contribution in [2.24, 2.45) is 11.3 Å². The van der Waals surface area contributed by atoms with E-state index >= 15 is 0 Å². The summed E-state index contributed by atoms with van der Waals surface area (Å²) in [6.07, 6.45) is 6.56. The molecule has 1 unspecified atom stereocenters. The minimum atomic E-state index is 0.0613. The maximum Gasteiger partial charge on any atom is 0.318 e. The number of likely N-dealkylation sites (tertiary alicyclic amines) is 1. The summed E-state index contributed by atoms with van der Waals surface area (Å²) in [6, 6.07) is 0.448. The number of thiazole rings is 1. The third kappa shape index (κ3) is 3.45. The zero-order valence-electron chi connectivity index (χ0n) is 15.0. The fourth-order valence-corrected chi connectivity index (χ4v) is 5.38. The van der Waals surface area contributed by atoms with Crippen LogP contribution in [0.5, 0.6) is 0 Å². The van der Waals surface area contributed by atoms with Crippen molar-refractivity contribution in [2.45, 2.75) is 65.1 Å². The summed E-state index contributed by atoms with van der Waals surface area (Å²) < 4.78 is 5.09. The van der Waals surface area contributed by atoms with Gasteiger partial charge in [0.2, 0.25) is 0 Å². The summed E-state index contributed by atoms with van der Waals surface area (Å²) in [5.41, 5.74) is 1.30. The Morgan fingerprint density at radius 2 is 2.21 bits per heavy atom. The first kappa shape index (κ1) is 17.7. The van der Waals surface area contributed by atoms with E-state index in [2.05, 4.69) is 29.0 Å². The van der Waals surface area contributed by atoms with Crippen LogP contribution < -0.4 is 5.32 Å². The van der Waals surface area contributed by atoms with Crippen LogP contribution in [0.2, 0.25) is 0 Å². The quantitative estimate of drug-likeness (QED) is 0.878. The van der Waals surface area contributed by atoms with Gasteiger partial charge in [-0.2, -0.15) is 0 Å². The van der Waals surface area contributed by atoms with Gasteiger partial charge >= 0.3 is 6.03 Å². The summed E-state index contributed by atoms with van der Waals surface area (Å²) in [4.78, 5) is 19.2. The summed E-state index contributed by atoms with van der Waals surface area (Å²) in [7, 11) is 1.67. The second-order valence-corrected chi connectivity index (χ2v) is 8.51. The van der Waals surface area contributed by atoms with Crippen molar-refractivity contribution in [2.75, 3.05) is 13.7 Å². The van der Waals surface area contributed by atoms with Crippen molar-refractivity contribution in [3.63, 3.8) is 0 Å². The second-order valence-electron chi connectivity index (χ2n) is 7.56. The largest absolute Gasteiger partial charge is 0.378 e. The number of methoxy groups -OCH3 is 1. The Morgan fingerprint density at radius 1 is 1.46 bits per heavy atom. The number of nitrogens with zero attached hydrogens (tertiary/aromatic N) is 2. The summed E-state index contributed by atoms with van der Waals surface area (Å²) in [5, 5.41) is 6.00. The van der Waals surface area contributed by atoms with Crippen molar-refractivity contribution in [3.8, 4) is 0 Å². The molecule has 0 bridgehead atoms. The fraction of sp³-hybridized carbons (Fsp3) is 0.778. The van der Waals surface area contributed by atoms with E-state index in [1.807, 2.05) is 5.38 Å². The lowest BCUT2D eigenvalue weighted by Gasteiger charge is -2.61. The zero-order valence-corrected chi connectivity index (χ0v) is 15.8. The first-order valence-electron chi connectivity index (χ1n) is 9.02. The van der Waals surface area contributed by atoms with Crippen LogP contribution >= 0.6 is 11.3 Å². The third-order valence-electron chi connectivity index (χ3n) is 5.48. The second kappa shape index (κ2) is 7.40. The average molecular weight is 352 g/mol. The molecule has 2 fully saturated rings. The number of amides is 2. The lowest BCUT2D eigenvalue weighted by atomic mass is 9.60. The molecule has 2 amide bonds. The molecule has 1 aromatic heterocycles. The highest BCUT2D eigenvalue weighted by atomic mass is 32.1. The summed E-state index contributed by atoms with van der Waals surface area (Å²) in [6.45, 7) is 6.44. The minimum absolute atomic E-state index is 0.0613. The van der Waals surface area contributed by atoms with Crippen molar-refractivity contribution >= 4 is 17.4 Å². The number of urea groups is 1. The van der Waals surface area contributed by atoms with Crippen LogP contribution in [-0.2, 0) is 17.9 Å². The van der Waals surface area contributed by atoms with Gasteiger partial charge in [0.1, 0.15) is 5.01 Å². The number of ether oxygens (including phenoxy) is 1. The minimum Gasteiger partial charge on any atom is -0.378 e. The molecule has 1 N–H and O–H groups in total. The van der Waals surface area contributed by atoms with E-state index in [1.165, 1.54) is 32.1 Å². The molecule has 1 aromatic rings. The highest BCUT2D eigenvalue weighted by Crippen LogP contribution is 2.51. The lowest BCUT2D eigenvalue weighted by Crippen LogP contribution is -2.70. The van der Waals surface area contributed by atoms with Crippen LogP contribution in [0.3, 0.4) is 0 Å². The van der Waals surface area contributed by atoms with Crippen LogP contribution in [0.15, 0.2) is 5.38 Å². The Labute approximate surface area is 148 Å². The van der Waals surface area contributed by atoms with Gasteiger partial charge in [-0.15, -0.1) is 11.3 Å². The predicted molar refractivity (Wildman–Crippen MR) is 95.9 cm³/mol. The van der Waals surface area contributed by atoms with E-state index in [9.17, 15) is 4.79 Å². The Hall–Kier alpha value is -1.14. The van der Waals surface area contributed by atoms with Crippen molar-refractivity contribution in [1.82, 2.24) is 15.2 Å². The number of hydrogen-bond donors (Lipinski definition) is 1. The van der Waals surface area contributed by atoms with Crippen LogP contribution in [0.1, 0.15) is 56.7 Å². The molecule has 24 heavy (non-hydrogen) atoms. The Balaban J connectivity index is 1.56. The zero-order chi connectivity index (χ0) is 17.2. The van der Waals surface area contributed by atoms with Crippen LogP contribution in [0, 0.1) is 11.3 Å². The fourth-order valence-electron chi connectivity index (χ4n) is 4.61. The van der Waals surface area contributed by atoms with Gasteiger partial charge in [0.25, 0.3) is 0 Å². The Kier molecular flexibility index (Phi) is 5.45. The Bertz CT molecular complexity index is 566. The molecule has 1 atom stereocenters. The molecule has 134 valence electrons. The van der Waals surface area contributed by atoms with Gasteiger partial charge in [0.05, 0.1) is 18.8 Å². The summed E-state index contributed by atoms with van der Waals surface area (Å²) in [5.74, 6) is 0.509. The molecule has 0 radical (unpaired) electrons. The molecule has 0 aromatic carbocycles. The molecule has 1 aliphatic heterocycles. The number of nitrogens with one attached hydrogen (secondary N) is 1. The van der Waals surface area contributed by atoms with Crippen molar-refractivity contribution in [1.29, 1.82) is 0 Å². The van der Waals surface area contributed by atoms with E-state index in [0.717, 1.165) is 17.2 Å². The molecular formula is C18H29N3O2S. The van der Waals surface area contributed by atoms with E-state index in [-0.39, 0.29) is 6.03 Å². The van der Waals surface area contributed by atoms with E-state index in [1.54, 1.807) is 18.4 Å². The topological polar surface area (TPSA) is 54.5 Å². The van der Waals surface area contributed by atoms with Crippen molar-refractivity contribution in [3.05, 3.63) is 16.1 Å². The normalized spacial score (nSPS) is 22.7. The van der Waals surface area contributed by atoms with Crippen LogP contribution in [0.25, 0.3) is 0 Å². The van der Waals surface area contributed by atoms with Gasteiger partial charge in [0.15, 0.2) is 0 Å². The molecule has 3 rings (SSSR count). The predicted octanol–water partition coefficient (Wildman–Crippen LogP) is 3.79. The summed E-state index contributed by atoms with van der Waals surface area (Å²) >= 11 is 1.58. The number of carbonyl (C=O) groups is 1. The van der Waals surface area contributed by atoms with E-state index in [0.29, 0.717) is 30.5 Å². The molecule has 6 heteroatoms. The molecule has 1 saturated carbocycles. The molecule has 2 heterocycles. The number of aromatic nitrogens is 1. The molecule has 1 saturated heterocycles. The molecule has 1 spiro atoms. The molecular weight excluding hydrogens is 322 g/mol. The highest BCUT2D eigenvalue weighted by molar-refractivity contribution is 7.09. The number of rotatable bonds is 5. The SMILES string of the molecule is COCc1nc(CNC(=O)N2CC3(CCCCC3)C2C(C)C)cs1. The maximum absolute atomic E-state index is 12.6. The van der Waals surface area contributed by atoms with Crippen LogP contribution in [0.4, 0.5) is 4.79 Å². The maximum atomic E-state index is 12.6. The number of carbonyl (C=O) groups excluding carboxylic acids is 1.